The van der Waals surface area contributed by atoms with E-state index in [2.05, 4.69) is 20.3 Å². The number of esters is 1. The summed E-state index contributed by atoms with van der Waals surface area (Å²) in [6.45, 7) is 1.86. The van der Waals surface area contributed by atoms with Crippen molar-refractivity contribution in [2.24, 2.45) is 0 Å². The van der Waals surface area contributed by atoms with Gasteiger partial charge in [-0.05, 0) is 48.9 Å². The number of carbonyl (C=O) groups excluding carboxylic acids is 1. The highest BCUT2D eigenvalue weighted by molar-refractivity contribution is 5.93. The van der Waals surface area contributed by atoms with Crippen molar-refractivity contribution in [1.29, 1.82) is 0 Å². The Kier molecular flexibility index (Phi) is 8.32. The lowest BCUT2D eigenvalue weighted by molar-refractivity contribution is -0.143. The third-order valence-corrected chi connectivity index (χ3v) is 5.70. The van der Waals surface area contributed by atoms with Crippen LogP contribution < -0.4 is 5.32 Å². The van der Waals surface area contributed by atoms with Crippen LogP contribution in [0.2, 0.25) is 0 Å². The second kappa shape index (κ2) is 11.7. The first kappa shape index (κ1) is 27.8. The molecule has 0 spiro atoms. The number of rotatable bonds is 9. The highest BCUT2D eigenvalue weighted by Gasteiger charge is 2.34. The summed E-state index contributed by atoms with van der Waals surface area (Å²) in [6, 6.07) is 11.8. The first-order valence-electron chi connectivity index (χ1n) is 11.8. The van der Waals surface area contributed by atoms with Crippen molar-refractivity contribution in [3.05, 3.63) is 77.7 Å². The van der Waals surface area contributed by atoms with E-state index in [4.69, 9.17) is 4.74 Å². The summed E-state index contributed by atoms with van der Waals surface area (Å²) in [7, 11) is 0. The van der Waals surface area contributed by atoms with Crippen molar-refractivity contribution in [1.82, 2.24) is 15.0 Å². The van der Waals surface area contributed by atoms with E-state index in [1.54, 1.807) is 6.92 Å². The fourth-order valence-electron chi connectivity index (χ4n) is 3.88. The van der Waals surface area contributed by atoms with E-state index in [9.17, 15) is 31.1 Å². The minimum Gasteiger partial charge on any atom is -0.466 e. The molecule has 0 saturated heterocycles. The Morgan fingerprint density at radius 1 is 1.03 bits per heavy atom. The van der Waals surface area contributed by atoms with Crippen LogP contribution in [0.1, 0.15) is 36.5 Å². The van der Waals surface area contributed by atoms with Crippen molar-refractivity contribution in [3.63, 3.8) is 0 Å². The Morgan fingerprint density at radius 2 is 1.77 bits per heavy atom. The second-order valence-corrected chi connectivity index (χ2v) is 8.41. The zero-order valence-corrected chi connectivity index (χ0v) is 20.5. The van der Waals surface area contributed by atoms with Gasteiger partial charge in [-0.1, -0.05) is 18.2 Å². The molecular formula is C27H22F6N4O2. The largest absolute Gasteiger partial charge is 0.466 e. The SMILES string of the molecule is CCOC(=O)CCc1nc(Nc2ccc(C(F)C(F)F)cc2)c2ccc(-c3ncccc3C(F)(F)F)cc2n1. The number of alkyl halides is 6. The van der Waals surface area contributed by atoms with Gasteiger partial charge in [-0.3, -0.25) is 9.78 Å². The number of halogens is 6. The second-order valence-electron chi connectivity index (χ2n) is 8.41. The number of aryl methyl sites for hydroxylation is 1. The topological polar surface area (TPSA) is 77.0 Å². The molecule has 6 nitrogen and oxygen atoms in total. The van der Waals surface area contributed by atoms with Gasteiger partial charge in [0.15, 0.2) is 6.17 Å². The molecule has 2 heterocycles. The Hall–Kier alpha value is -4.22. The first-order valence-corrected chi connectivity index (χ1v) is 11.8. The molecule has 2 aromatic heterocycles. The minimum absolute atomic E-state index is 0.0306. The van der Waals surface area contributed by atoms with E-state index < -0.39 is 30.3 Å². The Bertz CT molecular complexity index is 1460. The molecule has 39 heavy (non-hydrogen) atoms. The zero-order valence-electron chi connectivity index (χ0n) is 20.5. The van der Waals surface area contributed by atoms with Crippen LogP contribution in [0.25, 0.3) is 22.2 Å². The Labute approximate surface area is 219 Å². The predicted molar refractivity (Wildman–Crippen MR) is 132 cm³/mol. The van der Waals surface area contributed by atoms with E-state index in [0.29, 0.717) is 11.1 Å². The van der Waals surface area contributed by atoms with Gasteiger partial charge >= 0.3 is 12.1 Å². The van der Waals surface area contributed by atoms with Crippen LogP contribution in [-0.2, 0) is 22.1 Å². The van der Waals surface area contributed by atoms with Gasteiger partial charge in [0.1, 0.15) is 11.6 Å². The van der Waals surface area contributed by atoms with E-state index >= 15 is 0 Å². The molecule has 1 atom stereocenters. The van der Waals surface area contributed by atoms with Crippen molar-refractivity contribution in [2.45, 2.75) is 38.5 Å². The summed E-state index contributed by atoms with van der Waals surface area (Å²) in [4.78, 5) is 24.7. The van der Waals surface area contributed by atoms with E-state index in [1.807, 2.05) is 0 Å². The summed E-state index contributed by atoms with van der Waals surface area (Å²) in [5.74, 6) is -0.00514. The van der Waals surface area contributed by atoms with Crippen LogP contribution >= 0.6 is 0 Å². The number of hydrogen-bond acceptors (Lipinski definition) is 6. The maximum Gasteiger partial charge on any atom is 0.418 e. The summed E-state index contributed by atoms with van der Waals surface area (Å²) in [5.41, 5.74) is -0.538. The van der Waals surface area contributed by atoms with Gasteiger partial charge in [0.25, 0.3) is 6.43 Å². The molecule has 1 N–H and O–H groups in total. The maximum absolute atomic E-state index is 13.7. The number of aromatic nitrogens is 3. The number of anilines is 2. The van der Waals surface area contributed by atoms with E-state index in [0.717, 1.165) is 6.07 Å². The molecule has 0 fully saturated rings. The number of hydrogen-bond donors (Lipinski definition) is 1. The van der Waals surface area contributed by atoms with Crippen molar-refractivity contribution < 1.29 is 35.9 Å². The highest BCUT2D eigenvalue weighted by Crippen LogP contribution is 2.37. The number of ether oxygens (including phenoxy) is 1. The molecule has 4 aromatic rings. The van der Waals surface area contributed by atoms with Crippen LogP contribution in [-0.4, -0.2) is 34.0 Å². The monoisotopic (exact) mass is 548 g/mol. The van der Waals surface area contributed by atoms with Crippen molar-refractivity contribution in [3.8, 4) is 11.3 Å². The lowest BCUT2D eigenvalue weighted by Crippen LogP contribution is -2.09. The quantitative estimate of drug-likeness (QED) is 0.176. The fourth-order valence-corrected chi connectivity index (χ4v) is 3.88. The molecule has 12 heteroatoms. The fraction of sp³-hybridized carbons (Fsp3) is 0.259. The van der Waals surface area contributed by atoms with Crippen molar-refractivity contribution in [2.75, 3.05) is 11.9 Å². The summed E-state index contributed by atoms with van der Waals surface area (Å²) < 4.78 is 84.8. The lowest BCUT2D eigenvalue weighted by atomic mass is 10.0. The summed E-state index contributed by atoms with van der Waals surface area (Å²) in [5, 5.41) is 3.45. The molecule has 204 valence electrons. The van der Waals surface area contributed by atoms with Gasteiger partial charge < -0.3 is 10.1 Å². The minimum atomic E-state index is -4.63. The van der Waals surface area contributed by atoms with Gasteiger partial charge in [0.2, 0.25) is 0 Å². The molecule has 0 amide bonds. The Morgan fingerprint density at radius 3 is 2.44 bits per heavy atom. The molecule has 0 aliphatic heterocycles. The van der Waals surface area contributed by atoms with Gasteiger partial charge in [-0.15, -0.1) is 0 Å². The summed E-state index contributed by atoms with van der Waals surface area (Å²) in [6.07, 6.45) is -8.91. The van der Waals surface area contributed by atoms with Crippen LogP contribution in [0.4, 0.5) is 37.8 Å². The zero-order chi connectivity index (χ0) is 28.2. The molecule has 0 radical (unpaired) electrons. The van der Waals surface area contributed by atoms with Crippen molar-refractivity contribution >= 4 is 28.4 Å². The maximum atomic E-state index is 13.7. The molecule has 0 aliphatic rings. The third-order valence-electron chi connectivity index (χ3n) is 5.70. The summed E-state index contributed by atoms with van der Waals surface area (Å²) >= 11 is 0. The number of benzene rings is 2. The molecule has 0 saturated carbocycles. The molecule has 2 aromatic carbocycles. The van der Waals surface area contributed by atoms with Gasteiger partial charge in [0.05, 0.1) is 29.8 Å². The Balaban J connectivity index is 1.75. The van der Waals surface area contributed by atoms with Crippen LogP contribution in [0.15, 0.2) is 60.8 Å². The molecule has 0 bridgehead atoms. The molecule has 1 unspecified atom stereocenters. The van der Waals surface area contributed by atoms with E-state index in [1.165, 1.54) is 54.7 Å². The molecular weight excluding hydrogens is 526 g/mol. The predicted octanol–water partition coefficient (Wildman–Crippen LogP) is 7.23. The number of nitrogens with zero attached hydrogens (tertiary/aromatic N) is 3. The number of carbonyl (C=O) groups is 1. The lowest BCUT2D eigenvalue weighted by Gasteiger charge is -2.14. The normalized spacial score (nSPS) is 12.5. The molecule has 4 rings (SSSR count). The van der Waals surface area contributed by atoms with Gasteiger partial charge in [0, 0.05) is 29.3 Å². The van der Waals surface area contributed by atoms with E-state index in [-0.39, 0.29) is 53.4 Å². The van der Waals surface area contributed by atoms with Crippen LogP contribution in [0.5, 0.6) is 0 Å². The number of pyridine rings is 1. The highest BCUT2D eigenvalue weighted by atomic mass is 19.4. The smallest absolute Gasteiger partial charge is 0.418 e. The number of fused-ring (bicyclic) bond motifs is 1. The molecule has 0 aliphatic carbocycles. The third kappa shape index (κ3) is 6.62. The number of nitrogens with one attached hydrogen (secondary N) is 1. The first-order chi connectivity index (χ1) is 18.6. The average molecular weight is 548 g/mol. The van der Waals surface area contributed by atoms with Gasteiger partial charge in [-0.25, -0.2) is 23.1 Å². The van der Waals surface area contributed by atoms with Crippen LogP contribution in [0, 0.1) is 0 Å². The van der Waals surface area contributed by atoms with Gasteiger partial charge in [-0.2, -0.15) is 13.2 Å². The standard InChI is InChI=1S/C27H22F6N4O2/c1-2-39-22(38)12-11-21-36-20-14-16(24-19(27(31,32)33)4-3-13-34-24)7-10-18(20)26(37-21)35-17-8-5-15(6-9-17)23(28)25(29)30/h3-10,13-14,23,25H,2,11-12H2,1H3,(H,35,36,37). The van der Waals surface area contributed by atoms with Crippen LogP contribution in [0.3, 0.4) is 0 Å². The average Bonchev–Trinajstić information content (AvgIpc) is 2.91.